The van der Waals surface area contributed by atoms with Crippen LogP contribution in [-0.2, 0) is 0 Å². The van der Waals surface area contributed by atoms with E-state index in [1.807, 2.05) is 24.3 Å². The lowest BCUT2D eigenvalue weighted by Gasteiger charge is -2.12. The molecule has 56 heavy (non-hydrogen) atoms. The number of aromatic nitrogens is 4. The quantitative estimate of drug-likeness (QED) is 0.170. The smallest absolute Gasteiger partial charge is 0.227 e. The van der Waals surface area contributed by atoms with Crippen molar-refractivity contribution in [1.82, 2.24) is 19.9 Å². The van der Waals surface area contributed by atoms with Gasteiger partial charge in [0.2, 0.25) is 11.8 Å². The van der Waals surface area contributed by atoms with Gasteiger partial charge in [0.1, 0.15) is 11.0 Å². The Labute approximate surface area is 324 Å². The van der Waals surface area contributed by atoms with Crippen molar-refractivity contribution in [3.63, 3.8) is 0 Å². The van der Waals surface area contributed by atoms with Crippen molar-refractivity contribution >= 4 is 33.2 Å². The van der Waals surface area contributed by atoms with E-state index in [9.17, 15) is 0 Å². The van der Waals surface area contributed by atoms with Gasteiger partial charge in [-0.25, -0.2) is 19.9 Å². The Morgan fingerprint density at radius 1 is 0.304 bits per heavy atom. The molecule has 0 aliphatic rings. The summed E-state index contributed by atoms with van der Waals surface area (Å²) in [6.45, 7) is 8.23. The molecule has 6 heteroatoms. The van der Waals surface area contributed by atoms with Gasteiger partial charge in [-0.1, -0.05) is 109 Å². The number of benzene rings is 7. The monoisotopic (exact) mass is 724 g/mol. The van der Waals surface area contributed by atoms with Crippen LogP contribution in [0.25, 0.3) is 101 Å². The Bertz CT molecular complexity index is 2800. The summed E-state index contributed by atoms with van der Waals surface area (Å²) in [5.74, 6) is 1.27. The summed E-state index contributed by atoms with van der Waals surface area (Å²) in [5, 5.41) is 0. The SMILES string of the molecule is Cc1ccc(C)c2oc(-c3ccc(-c4ccc(-c5nc6ccccc6nc5-c5ccc(-c6ccc(-c7nc8c(C)ccc(C)c8o7)cc6)cc5)cc4)cc3)nc12. The molecule has 6 nitrogen and oxygen atoms in total. The molecule has 0 spiro atoms. The van der Waals surface area contributed by atoms with Crippen molar-refractivity contribution in [3.05, 3.63) is 168 Å². The lowest BCUT2D eigenvalue weighted by molar-refractivity contribution is 0.617. The molecule has 0 saturated carbocycles. The summed E-state index contributed by atoms with van der Waals surface area (Å²) in [4.78, 5) is 19.9. The Hall–Kier alpha value is -7.18. The molecule has 0 N–H and O–H groups in total. The third-order valence-corrected chi connectivity index (χ3v) is 10.7. The van der Waals surface area contributed by atoms with Crippen molar-refractivity contribution in [2.45, 2.75) is 27.7 Å². The first-order chi connectivity index (χ1) is 27.4. The predicted molar refractivity (Wildman–Crippen MR) is 226 cm³/mol. The Morgan fingerprint density at radius 2 is 0.607 bits per heavy atom. The van der Waals surface area contributed by atoms with E-state index in [0.717, 1.165) is 111 Å². The topological polar surface area (TPSA) is 77.8 Å². The number of para-hydroxylation sites is 2. The van der Waals surface area contributed by atoms with Gasteiger partial charge in [0.25, 0.3) is 0 Å². The zero-order valence-electron chi connectivity index (χ0n) is 31.5. The number of oxazole rings is 2. The highest BCUT2D eigenvalue weighted by Gasteiger charge is 2.16. The first-order valence-electron chi connectivity index (χ1n) is 18.8. The molecule has 0 bridgehead atoms. The van der Waals surface area contributed by atoms with Gasteiger partial charge in [0.15, 0.2) is 11.2 Å². The van der Waals surface area contributed by atoms with Gasteiger partial charge in [0.05, 0.1) is 22.4 Å². The minimum atomic E-state index is 0.634. The second-order valence-corrected chi connectivity index (χ2v) is 14.5. The van der Waals surface area contributed by atoms with E-state index in [4.69, 9.17) is 28.8 Å². The van der Waals surface area contributed by atoms with Crippen LogP contribution in [0, 0.1) is 27.7 Å². The van der Waals surface area contributed by atoms with E-state index in [-0.39, 0.29) is 0 Å². The Morgan fingerprint density at radius 3 is 0.946 bits per heavy atom. The van der Waals surface area contributed by atoms with E-state index < -0.39 is 0 Å². The summed E-state index contributed by atoms with van der Waals surface area (Å²) >= 11 is 0. The second kappa shape index (κ2) is 13.3. The Kier molecular flexibility index (Phi) is 7.92. The fourth-order valence-electron chi connectivity index (χ4n) is 7.42. The molecule has 3 heterocycles. The fourth-order valence-corrected chi connectivity index (χ4v) is 7.42. The number of fused-ring (bicyclic) bond motifs is 3. The van der Waals surface area contributed by atoms with Crippen LogP contribution in [0.15, 0.2) is 154 Å². The minimum absolute atomic E-state index is 0.634. The largest absolute Gasteiger partial charge is 0.436 e. The molecule has 7 aromatic carbocycles. The van der Waals surface area contributed by atoms with Crippen LogP contribution in [0.4, 0.5) is 0 Å². The van der Waals surface area contributed by atoms with Crippen LogP contribution in [0.5, 0.6) is 0 Å². The van der Waals surface area contributed by atoms with Crippen LogP contribution in [0.2, 0.25) is 0 Å². The van der Waals surface area contributed by atoms with Gasteiger partial charge >= 0.3 is 0 Å². The van der Waals surface area contributed by atoms with Crippen molar-refractivity contribution in [1.29, 1.82) is 0 Å². The number of hydrogen-bond donors (Lipinski definition) is 0. The molecule has 10 aromatic rings. The number of hydrogen-bond acceptors (Lipinski definition) is 6. The van der Waals surface area contributed by atoms with Gasteiger partial charge in [-0.2, -0.15) is 0 Å². The van der Waals surface area contributed by atoms with Crippen LogP contribution < -0.4 is 0 Å². The van der Waals surface area contributed by atoms with Crippen molar-refractivity contribution in [3.8, 4) is 67.7 Å². The fraction of sp³-hybridized carbons (Fsp3) is 0.0800. The molecular formula is C50H36N4O2. The van der Waals surface area contributed by atoms with E-state index in [2.05, 4.69) is 149 Å². The number of rotatable bonds is 6. The molecular weight excluding hydrogens is 689 g/mol. The third-order valence-electron chi connectivity index (χ3n) is 10.7. The van der Waals surface area contributed by atoms with Gasteiger partial charge in [-0.3, -0.25) is 0 Å². The lowest BCUT2D eigenvalue weighted by Crippen LogP contribution is -1.95. The maximum Gasteiger partial charge on any atom is 0.227 e. The molecule has 0 amide bonds. The summed E-state index contributed by atoms with van der Waals surface area (Å²) in [6.07, 6.45) is 0. The minimum Gasteiger partial charge on any atom is -0.436 e. The number of aryl methyl sites for hydroxylation is 4. The van der Waals surface area contributed by atoms with Crippen molar-refractivity contribution < 1.29 is 8.83 Å². The normalized spacial score (nSPS) is 11.6. The molecule has 268 valence electrons. The average molecular weight is 725 g/mol. The van der Waals surface area contributed by atoms with E-state index in [1.54, 1.807) is 0 Å². The molecule has 0 radical (unpaired) electrons. The zero-order chi connectivity index (χ0) is 37.9. The predicted octanol–water partition coefficient (Wildman–Crippen LogP) is 13.1. The van der Waals surface area contributed by atoms with Crippen molar-refractivity contribution in [2.75, 3.05) is 0 Å². The first-order valence-corrected chi connectivity index (χ1v) is 18.8. The third kappa shape index (κ3) is 5.83. The molecule has 0 saturated heterocycles. The van der Waals surface area contributed by atoms with Crippen molar-refractivity contribution in [2.24, 2.45) is 0 Å². The molecule has 3 aromatic heterocycles. The maximum absolute atomic E-state index is 6.19. The molecule has 0 atom stereocenters. The average Bonchev–Trinajstić information content (AvgIpc) is 3.92. The summed E-state index contributed by atoms with van der Waals surface area (Å²) in [5.41, 5.74) is 19.6. The second-order valence-electron chi connectivity index (χ2n) is 14.5. The zero-order valence-corrected chi connectivity index (χ0v) is 31.5. The van der Waals surface area contributed by atoms with Crippen LogP contribution in [-0.4, -0.2) is 19.9 Å². The molecule has 0 fully saturated rings. The van der Waals surface area contributed by atoms with Crippen LogP contribution >= 0.6 is 0 Å². The maximum atomic E-state index is 6.19. The summed E-state index contributed by atoms with van der Waals surface area (Å²) < 4.78 is 12.4. The van der Waals surface area contributed by atoms with E-state index in [1.165, 1.54) is 0 Å². The Balaban J connectivity index is 0.932. The van der Waals surface area contributed by atoms with Crippen LogP contribution in [0.3, 0.4) is 0 Å². The highest BCUT2D eigenvalue weighted by Crippen LogP contribution is 2.36. The van der Waals surface area contributed by atoms with E-state index >= 15 is 0 Å². The summed E-state index contributed by atoms with van der Waals surface area (Å²) in [7, 11) is 0. The van der Waals surface area contributed by atoms with Gasteiger partial charge < -0.3 is 8.83 Å². The van der Waals surface area contributed by atoms with E-state index in [0.29, 0.717) is 11.8 Å². The molecule has 0 aliphatic heterocycles. The van der Waals surface area contributed by atoms with Gasteiger partial charge in [0, 0.05) is 22.3 Å². The number of nitrogens with zero attached hydrogens (tertiary/aromatic N) is 4. The summed E-state index contributed by atoms with van der Waals surface area (Å²) in [6, 6.07) is 50.2. The molecule has 10 rings (SSSR count). The molecule has 0 unspecified atom stereocenters. The lowest BCUT2D eigenvalue weighted by atomic mass is 9.97. The first kappa shape index (κ1) is 33.4. The standard InChI is InChI=1S/C50H36N4O2/c1-29-9-11-31(3)47-43(29)53-49(55-47)39-25-17-35(18-26-39)33-13-21-37(22-14-33)45-46(52-42-8-6-5-7-41(42)51-45)38-23-15-34(16-24-38)36-19-27-40(28-20-36)50-54-44-30(2)10-12-32(4)48(44)56-50/h5-28H,1-4H3. The highest BCUT2D eigenvalue weighted by atomic mass is 16.4. The van der Waals surface area contributed by atoms with Gasteiger partial charge in [-0.05, 0) is 109 Å². The highest BCUT2D eigenvalue weighted by molar-refractivity contribution is 5.88. The molecule has 0 aliphatic carbocycles. The van der Waals surface area contributed by atoms with Crippen LogP contribution in [0.1, 0.15) is 22.3 Å². The van der Waals surface area contributed by atoms with Gasteiger partial charge in [-0.15, -0.1) is 0 Å².